The third-order valence-electron chi connectivity index (χ3n) is 4.69. The van der Waals surface area contributed by atoms with Crippen LogP contribution in [0.2, 0.25) is 0 Å². The fourth-order valence-corrected chi connectivity index (χ4v) is 4.07. The highest BCUT2D eigenvalue weighted by atomic mass is 32.1. The minimum absolute atomic E-state index is 0.0958. The molecule has 9 heteroatoms. The van der Waals surface area contributed by atoms with Gasteiger partial charge in [0.2, 0.25) is 16.0 Å². The van der Waals surface area contributed by atoms with Crippen molar-refractivity contribution in [3.8, 4) is 0 Å². The summed E-state index contributed by atoms with van der Waals surface area (Å²) in [6.45, 7) is 2.60. The lowest BCUT2D eigenvalue weighted by Gasteiger charge is -2.24. The molecule has 0 aliphatic heterocycles. The Balaban J connectivity index is 1.60. The van der Waals surface area contributed by atoms with Crippen molar-refractivity contribution in [1.29, 1.82) is 0 Å². The highest BCUT2D eigenvalue weighted by Crippen LogP contribution is 2.26. The molecule has 0 radical (unpaired) electrons. The van der Waals surface area contributed by atoms with Crippen LogP contribution in [0.25, 0.3) is 4.96 Å². The number of amides is 1. The topological polar surface area (TPSA) is 106 Å². The number of nitrogens with two attached hydrogens (primary N) is 1. The highest BCUT2D eigenvalue weighted by molar-refractivity contribution is 7.20. The molecular weight excluding hydrogens is 412 g/mol. The molecule has 0 saturated heterocycles. The van der Waals surface area contributed by atoms with Crippen molar-refractivity contribution in [3.05, 3.63) is 82.3 Å². The van der Waals surface area contributed by atoms with Crippen molar-refractivity contribution in [2.24, 2.45) is 5.73 Å². The Hall–Kier alpha value is -3.72. The van der Waals surface area contributed by atoms with Crippen LogP contribution in [0.3, 0.4) is 0 Å². The monoisotopic (exact) mass is 434 g/mol. The fourth-order valence-electron chi connectivity index (χ4n) is 3.22. The molecule has 0 fully saturated rings. The van der Waals surface area contributed by atoms with Crippen LogP contribution in [0.1, 0.15) is 18.2 Å². The molecule has 0 atom stereocenters. The summed E-state index contributed by atoms with van der Waals surface area (Å²) in [6.07, 6.45) is 0.686. The first-order valence-corrected chi connectivity index (χ1v) is 10.7. The summed E-state index contributed by atoms with van der Waals surface area (Å²) >= 11 is 1.31. The predicted molar refractivity (Wildman–Crippen MR) is 123 cm³/mol. The maximum absolute atomic E-state index is 12.2. The molecule has 0 saturated carbocycles. The SMILES string of the molecule is CCc1cc(=O)n2nc(Nc3cccc(N(CC(N)=O)Cc4ccccc4)c3)sc2n1. The molecule has 8 nitrogen and oxygen atoms in total. The summed E-state index contributed by atoms with van der Waals surface area (Å²) in [6, 6.07) is 19.0. The van der Waals surface area contributed by atoms with Gasteiger partial charge >= 0.3 is 0 Å². The second kappa shape index (κ2) is 8.97. The second-order valence-electron chi connectivity index (χ2n) is 7.02. The van der Waals surface area contributed by atoms with Crippen LogP contribution in [-0.4, -0.2) is 27.0 Å². The maximum Gasteiger partial charge on any atom is 0.275 e. The molecule has 4 rings (SSSR count). The van der Waals surface area contributed by atoms with Crippen molar-refractivity contribution in [3.63, 3.8) is 0 Å². The number of aryl methyl sites for hydroxylation is 1. The van der Waals surface area contributed by atoms with Gasteiger partial charge in [-0.05, 0) is 30.2 Å². The van der Waals surface area contributed by atoms with Crippen LogP contribution in [-0.2, 0) is 17.8 Å². The molecule has 2 heterocycles. The zero-order valence-corrected chi connectivity index (χ0v) is 17.8. The van der Waals surface area contributed by atoms with Crippen molar-refractivity contribution in [2.45, 2.75) is 19.9 Å². The van der Waals surface area contributed by atoms with E-state index >= 15 is 0 Å². The lowest BCUT2D eigenvalue weighted by Crippen LogP contribution is -2.33. The molecule has 4 aromatic rings. The quantitative estimate of drug-likeness (QED) is 0.442. The van der Waals surface area contributed by atoms with E-state index < -0.39 is 5.91 Å². The molecular formula is C22H22N6O2S. The summed E-state index contributed by atoms with van der Waals surface area (Å²) in [7, 11) is 0. The van der Waals surface area contributed by atoms with Gasteiger partial charge in [0, 0.05) is 29.7 Å². The Bertz CT molecular complexity index is 1270. The van der Waals surface area contributed by atoms with Crippen LogP contribution < -0.4 is 21.5 Å². The number of carbonyl (C=O) groups excluding carboxylic acids is 1. The van der Waals surface area contributed by atoms with Gasteiger partial charge in [-0.15, -0.1) is 5.10 Å². The Morgan fingerprint density at radius 3 is 2.71 bits per heavy atom. The molecule has 0 aliphatic carbocycles. The number of fused-ring (bicyclic) bond motifs is 1. The smallest absolute Gasteiger partial charge is 0.275 e. The van der Waals surface area contributed by atoms with Gasteiger partial charge in [-0.1, -0.05) is 54.7 Å². The van der Waals surface area contributed by atoms with Crippen molar-refractivity contribution >= 4 is 38.7 Å². The van der Waals surface area contributed by atoms with Gasteiger partial charge in [0.15, 0.2) is 0 Å². The first kappa shape index (κ1) is 20.5. The van der Waals surface area contributed by atoms with E-state index in [0.717, 1.165) is 22.6 Å². The maximum atomic E-state index is 12.2. The molecule has 0 unspecified atom stereocenters. The lowest BCUT2D eigenvalue weighted by molar-refractivity contribution is -0.116. The number of primary amides is 1. The summed E-state index contributed by atoms with van der Waals surface area (Å²) in [5.41, 5.74) is 8.72. The van der Waals surface area contributed by atoms with E-state index in [-0.39, 0.29) is 12.1 Å². The van der Waals surface area contributed by atoms with Crippen molar-refractivity contribution < 1.29 is 4.79 Å². The van der Waals surface area contributed by atoms with E-state index in [4.69, 9.17) is 5.73 Å². The Morgan fingerprint density at radius 2 is 1.97 bits per heavy atom. The third kappa shape index (κ3) is 4.89. The minimum Gasteiger partial charge on any atom is -0.368 e. The van der Waals surface area contributed by atoms with Crippen LogP contribution in [0, 0.1) is 0 Å². The summed E-state index contributed by atoms with van der Waals surface area (Å²) in [5.74, 6) is -0.405. The van der Waals surface area contributed by atoms with Crippen LogP contribution in [0.5, 0.6) is 0 Å². The number of nitrogens with zero attached hydrogens (tertiary/aromatic N) is 4. The normalized spacial score (nSPS) is 10.9. The van der Waals surface area contributed by atoms with Gasteiger partial charge in [0.05, 0.1) is 6.54 Å². The zero-order valence-electron chi connectivity index (χ0n) is 17.0. The molecule has 0 spiro atoms. The third-order valence-corrected chi connectivity index (χ3v) is 5.51. The molecule has 0 aliphatic rings. The average molecular weight is 435 g/mol. The number of nitrogens with one attached hydrogen (secondary N) is 1. The first-order chi connectivity index (χ1) is 15.0. The van der Waals surface area contributed by atoms with E-state index in [1.54, 1.807) is 0 Å². The number of hydrogen-bond donors (Lipinski definition) is 2. The molecule has 1 amide bonds. The largest absolute Gasteiger partial charge is 0.368 e. The summed E-state index contributed by atoms with van der Waals surface area (Å²) < 4.78 is 1.30. The van der Waals surface area contributed by atoms with Crippen LogP contribution in [0.15, 0.2) is 65.5 Å². The van der Waals surface area contributed by atoms with Crippen LogP contribution >= 0.6 is 11.3 Å². The van der Waals surface area contributed by atoms with E-state index in [2.05, 4.69) is 15.4 Å². The molecule has 31 heavy (non-hydrogen) atoms. The molecule has 2 aromatic carbocycles. The van der Waals surface area contributed by atoms with E-state index in [9.17, 15) is 9.59 Å². The standard InChI is InChI=1S/C22H22N6O2S/c1-2-16-12-20(30)28-22(25-16)31-21(26-28)24-17-9-6-10-18(11-17)27(14-19(23)29)13-15-7-4-3-5-8-15/h3-12H,2,13-14H2,1H3,(H2,23,29)(H,24,26). The number of aromatic nitrogens is 3. The Morgan fingerprint density at radius 1 is 1.16 bits per heavy atom. The molecule has 3 N–H and O–H groups in total. The van der Waals surface area contributed by atoms with E-state index in [1.165, 1.54) is 21.9 Å². The van der Waals surface area contributed by atoms with Crippen molar-refractivity contribution in [1.82, 2.24) is 14.6 Å². The van der Waals surface area contributed by atoms with E-state index in [0.29, 0.717) is 23.1 Å². The first-order valence-electron chi connectivity index (χ1n) is 9.86. The van der Waals surface area contributed by atoms with Crippen LogP contribution in [0.4, 0.5) is 16.5 Å². The zero-order chi connectivity index (χ0) is 21.8. The van der Waals surface area contributed by atoms with Crippen molar-refractivity contribution in [2.75, 3.05) is 16.8 Å². The highest BCUT2D eigenvalue weighted by Gasteiger charge is 2.13. The van der Waals surface area contributed by atoms with Gasteiger partial charge < -0.3 is 16.0 Å². The second-order valence-corrected chi connectivity index (χ2v) is 7.98. The number of hydrogen-bond acceptors (Lipinski definition) is 7. The molecule has 2 aromatic heterocycles. The minimum atomic E-state index is -0.405. The number of carbonyl (C=O) groups is 1. The van der Waals surface area contributed by atoms with Gasteiger partial charge in [0.1, 0.15) is 0 Å². The number of anilines is 3. The van der Waals surface area contributed by atoms with Gasteiger partial charge in [-0.25, -0.2) is 4.98 Å². The Labute approximate surface area is 183 Å². The fraction of sp³-hybridized carbons (Fsp3) is 0.182. The molecule has 0 bridgehead atoms. The van der Waals surface area contributed by atoms with Gasteiger partial charge in [0.25, 0.3) is 5.56 Å². The average Bonchev–Trinajstić information content (AvgIpc) is 3.17. The predicted octanol–water partition coefficient (Wildman–Crippen LogP) is 2.95. The van der Waals surface area contributed by atoms with Gasteiger partial charge in [-0.2, -0.15) is 4.52 Å². The molecule has 158 valence electrons. The number of benzene rings is 2. The van der Waals surface area contributed by atoms with Gasteiger partial charge in [-0.3, -0.25) is 9.59 Å². The summed E-state index contributed by atoms with van der Waals surface area (Å²) in [4.78, 5) is 30.8. The summed E-state index contributed by atoms with van der Waals surface area (Å²) in [5, 5.41) is 8.13. The number of rotatable bonds is 8. The lowest BCUT2D eigenvalue weighted by atomic mass is 10.2. The Kier molecular flexibility index (Phi) is 5.94. The van der Waals surface area contributed by atoms with E-state index in [1.807, 2.05) is 66.4 Å².